The molecule has 1 saturated carbocycles. The number of fused-ring (bicyclic) bond motifs is 1. The molecule has 0 N–H and O–H groups in total. The maximum Gasteiger partial charge on any atom is 0.307 e. The van der Waals surface area contributed by atoms with E-state index in [2.05, 4.69) is 29.2 Å². The number of esters is 1. The van der Waals surface area contributed by atoms with Gasteiger partial charge in [-0.05, 0) is 31.2 Å². The van der Waals surface area contributed by atoms with Crippen molar-refractivity contribution in [1.29, 1.82) is 0 Å². The van der Waals surface area contributed by atoms with E-state index in [4.69, 9.17) is 4.74 Å². The number of benzene rings is 1. The average Bonchev–Trinajstić information content (AvgIpc) is 2.84. The van der Waals surface area contributed by atoms with Crippen molar-refractivity contribution < 1.29 is 9.53 Å². The summed E-state index contributed by atoms with van der Waals surface area (Å²) in [6.45, 7) is 4.44. The Morgan fingerprint density at radius 2 is 2.11 bits per heavy atom. The Morgan fingerprint density at radius 1 is 1.37 bits per heavy atom. The molecule has 2 aliphatic heterocycles. The summed E-state index contributed by atoms with van der Waals surface area (Å²) in [4.78, 5) is 14.3. The molecule has 1 aromatic rings. The van der Waals surface area contributed by atoms with Gasteiger partial charge in [0.05, 0.1) is 13.0 Å². The highest BCUT2D eigenvalue weighted by molar-refractivity contribution is 5.71. The van der Waals surface area contributed by atoms with Crippen molar-refractivity contribution in [1.82, 2.24) is 4.90 Å². The van der Waals surface area contributed by atoms with Crippen molar-refractivity contribution in [3.63, 3.8) is 0 Å². The molecule has 0 amide bonds. The molecule has 0 aromatic heterocycles. The van der Waals surface area contributed by atoms with Crippen LogP contribution in [0.15, 0.2) is 30.3 Å². The number of hydrogen-bond acceptors (Lipinski definition) is 3. The highest BCUT2D eigenvalue weighted by Crippen LogP contribution is 2.53. The molecule has 19 heavy (non-hydrogen) atoms. The molecule has 0 spiro atoms. The van der Waals surface area contributed by atoms with Gasteiger partial charge in [-0.15, -0.1) is 0 Å². The second kappa shape index (κ2) is 4.97. The number of carbonyl (C=O) groups excluding carboxylic acids is 1. The van der Waals surface area contributed by atoms with Crippen LogP contribution < -0.4 is 0 Å². The van der Waals surface area contributed by atoms with Gasteiger partial charge in [0.2, 0.25) is 0 Å². The zero-order chi connectivity index (χ0) is 13.3. The second-order valence-corrected chi connectivity index (χ2v) is 5.85. The largest absolute Gasteiger partial charge is 0.466 e. The Bertz CT molecular complexity index is 451. The lowest BCUT2D eigenvalue weighted by atomic mass is 9.71. The predicted molar refractivity (Wildman–Crippen MR) is 73.6 cm³/mol. The SMILES string of the molecule is CCOC(=O)CC12CC(CN1Cc1ccccc1)C2. The number of carbonyl (C=O) groups is 1. The number of nitrogens with zero attached hydrogens (tertiary/aromatic N) is 1. The van der Waals surface area contributed by atoms with Gasteiger partial charge in [-0.2, -0.15) is 0 Å². The Hall–Kier alpha value is -1.35. The molecule has 0 atom stereocenters. The molecule has 0 unspecified atom stereocenters. The molecule has 2 heterocycles. The van der Waals surface area contributed by atoms with Crippen molar-refractivity contribution in [2.24, 2.45) is 5.92 Å². The van der Waals surface area contributed by atoms with Crippen LogP contribution in [0.2, 0.25) is 0 Å². The van der Waals surface area contributed by atoms with Crippen LogP contribution in [0.1, 0.15) is 31.7 Å². The molecule has 2 bridgehead atoms. The van der Waals surface area contributed by atoms with E-state index in [1.54, 1.807) is 0 Å². The summed E-state index contributed by atoms with van der Waals surface area (Å²) in [5.74, 6) is 0.749. The molecule has 102 valence electrons. The van der Waals surface area contributed by atoms with E-state index in [9.17, 15) is 4.79 Å². The lowest BCUT2D eigenvalue weighted by Gasteiger charge is -2.41. The van der Waals surface area contributed by atoms with E-state index in [0.717, 1.165) is 19.0 Å². The Balaban J connectivity index is 1.67. The van der Waals surface area contributed by atoms with Gasteiger partial charge in [0.25, 0.3) is 0 Å². The Morgan fingerprint density at radius 3 is 2.79 bits per heavy atom. The molecule has 0 radical (unpaired) electrons. The predicted octanol–water partition coefficient (Wildman–Crippen LogP) is 2.60. The lowest BCUT2D eigenvalue weighted by Crippen LogP contribution is -2.47. The van der Waals surface area contributed by atoms with E-state index in [-0.39, 0.29) is 11.5 Å². The normalized spacial score (nSPS) is 29.0. The molecule has 2 saturated heterocycles. The van der Waals surface area contributed by atoms with Crippen molar-refractivity contribution in [2.75, 3.05) is 13.2 Å². The van der Waals surface area contributed by atoms with E-state index in [1.807, 2.05) is 13.0 Å². The van der Waals surface area contributed by atoms with Gasteiger partial charge < -0.3 is 4.74 Å². The number of hydrogen-bond donors (Lipinski definition) is 0. The molecule has 3 fully saturated rings. The first-order valence-electron chi connectivity index (χ1n) is 7.16. The van der Waals surface area contributed by atoms with Crippen molar-refractivity contribution in [3.05, 3.63) is 35.9 Å². The van der Waals surface area contributed by atoms with E-state index in [1.165, 1.54) is 18.4 Å². The molecule has 3 nitrogen and oxygen atoms in total. The average molecular weight is 259 g/mol. The van der Waals surface area contributed by atoms with Gasteiger partial charge in [-0.3, -0.25) is 9.69 Å². The zero-order valence-corrected chi connectivity index (χ0v) is 11.5. The third-order valence-corrected chi connectivity index (χ3v) is 4.48. The van der Waals surface area contributed by atoms with E-state index in [0.29, 0.717) is 13.0 Å². The summed E-state index contributed by atoms with van der Waals surface area (Å²) in [6.07, 6.45) is 2.89. The summed E-state index contributed by atoms with van der Waals surface area (Å²) >= 11 is 0. The van der Waals surface area contributed by atoms with E-state index >= 15 is 0 Å². The van der Waals surface area contributed by atoms with E-state index < -0.39 is 0 Å². The van der Waals surface area contributed by atoms with Gasteiger partial charge in [-0.1, -0.05) is 30.3 Å². The van der Waals surface area contributed by atoms with Crippen LogP contribution in [0.4, 0.5) is 0 Å². The number of ether oxygens (including phenoxy) is 1. The molecular formula is C16H21NO2. The summed E-state index contributed by atoms with van der Waals surface area (Å²) in [6, 6.07) is 10.5. The van der Waals surface area contributed by atoms with Crippen LogP contribution in [0.25, 0.3) is 0 Å². The number of rotatable bonds is 5. The Labute approximate surface area is 114 Å². The van der Waals surface area contributed by atoms with Gasteiger partial charge in [-0.25, -0.2) is 0 Å². The standard InChI is InChI=1S/C16H21NO2/c1-2-19-15(18)10-16-8-14(9-16)12-17(16)11-13-6-4-3-5-7-13/h3-7,14H,2,8-12H2,1H3. The van der Waals surface area contributed by atoms with Crippen LogP contribution in [0.5, 0.6) is 0 Å². The molecule has 1 aliphatic carbocycles. The summed E-state index contributed by atoms with van der Waals surface area (Å²) in [7, 11) is 0. The van der Waals surface area contributed by atoms with Crippen molar-refractivity contribution in [3.8, 4) is 0 Å². The Kier molecular flexibility index (Phi) is 3.31. The molecular weight excluding hydrogens is 238 g/mol. The molecule has 3 aliphatic rings. The minimum absolute atomic E-state index is 0.0408. The van der Waals surface area contributed by atoms with Crippen molar-refractivity contribution >= 4 is 5.97 Å². The van der Waals surface area contributed by atoms with Crippen molar-refractivity contribution in [2.45, 2.75) is 38.3 Å². The zero-order valence-electron chi connectivity index (χ0n) is 11.5. The highest BCUT2D eigenvalue weighted by atomic mass is 16.5. The monoisotopic (exact) mass is 259 g/mol. The maximum absolute atomic E-state index is 11.8. The van der Waals surface area contributed by atoms with Gasteiger partial charge in [0.1, 0.15) is 0 Å². The first-order valence-corrected chi connectivity index (χ1v) is 7.16. The van der Waals surface area contributed by atoms with Gasteiger partial charge >= 0.3 is 5.97 Å². The third kappa shape index (κ3) is 2.39. The minimum atomic E-state index is -0.0408. The quantitative estimate of drug-likeness (QED) is 0.761. The fourth-order valence-electron chi connectivity index (χ4n) is 3.68. The van der Waals surface area contributed by atoms with Crippen LogP contribution in [-0.4, -0.2) is 29.6 Å². The van der Waals surface area contributed by atoms with Crippen LogP contribution in [0, 0.1) is 5.92 Å². The minimum Gasteiger partial charge on any atom is -0.466 e. The molecule has 1 aromatic carbocycles. The first kappa shape index (κ1) is 12.7. The topological polar surface area (TPSA) is 29.5 Å². The first-order chi connectivity index (χ1) is 9.22. The van der Waals surface area contributed by atoms with Crippen LogP contribution in [0.3, 0.4) is 0 Å². The molecule has 4 rings (SSSR count). The van der Waals surface area contributed by atoms with Gasteiger partial charge in [0, 0.05) is 18.6 Å². The summed E-state index contributed by atoms with van der Waals surface area (Å²) in [5, 5.41) is 0. The summed E-state index contributed by atoms with van der Waals surface area (Å²) in [5.41, 5.74) is 1.42. The maximum atomic E-state index is 11.8. The lowest BCUT2D eigenvalue weighted by molar-refractivity contribution is -0.147. The fraction of sp³-hybridized carbons (Fsp3) is 0.562. The highest BCUT2D eigenvalue weighted by Gasteiger charge is 2.56. The second-order valence-electron chi connectivity index (χ2n) is 5.85. The third-order valence-electron chi connectivity index (χ3n) is 4.48. The molecule has 3 heteroatoms. The summed E-state index contributed by atoms with van der Waals surface area (Å²) < 4.78 is 5.13. The van der Waals surface area contributed by atoms with Crippen LogP contribution >= 0.6 is 0 Å². The smallest absolute Gasteiger partial charge is 0.307 e. The van der Waals surface area contributed by atoms with Crippen LogP contribution in [-0.2, 0) is 16.1 Å². The fourth-order valence-corrected chi connectivity index (χ4v) is 3.68. The van der Waals surface area contributed by atoms with Gasteiger partial charge in [0.15, 0.2) is 0 Å².